The molecule has 4 nitrogen and oxygen atoms in total. The van der Waals surface area contributed by atoms with Crippen LogP contribution in [-0.2, 0) is 26.1 Å². The molecule has 9 heteroatoms. The molecule has 2 aromatic rings. The first-order chi connectivity index (χ1) is 14.8. The molecule has 2 aromatic carbocycles. The van der Waals surface area contributed by atoms with E-state index in [-0.39, 0.29) is 6.10 Å². The first kappa shape index (κ1) is 24.1. The van der Waals surface area contributed by atoms with E-state index < -0.39 is 55.7 Å². The van der Waals surface area contributed by atoms with Crippen LogP contribution in [0, 0.1) is 36.1 Å². The Kier molecular flexibility index (Phi) is 6.60. The lowest BCUT2D eigenvalue weighted by Gasteiger charge is -2.37. The minimum Gasteiger partial charge on any atom is -0.471 e. The van der Waals surface area contributed by atoms with Crippen LogP contribution < -0.4 is 4.90 Å². The Morgan fingerprint density at radius 1 is 1.06 bits per heavy atom. The molecule has 0 amide bonds. The van der Waals surface area contributed by atoms with E-state index in [0.717, 1.165) is 18.2 Å². The van der Waals surface area contributed by atoms with Gasteiger partial charge in [0.25, 0.3) is 0 Å². The van der Waals surface area contributed by atoms with Gasteiger partial charge >= 0.3 is 0 Å². The summed E-state index contributed by atoms with van der Waals surface area (Å²) in [6, 6.07) is 5.00. The highest BCUT2D eigenvalue weighted by atomic mass is 32.2. The monoisotopic (exact) mass is 471 g/mol. The summed E-state index contributed by atoms with van der Waals surface area (Å²) in [6.45, 7) is 11.4. The highest BCUT2D eigenvalue weighted by molar-refractivity contribution is 7.89. The molecular formula is C23H25F4NO3S. The smallest absolute Gasteiger partial charge is 0.187 e. The average molecular weight is 472 g/mol. The van der Waals surface area contributed by atoms with Crippen LogP contribution in [0.15, 0.2) is 30.7 Å². The summed E-state index contributed by atoms with van der Waals surface area (Å²) in [4.78, 5) is 1.90. The molecule has 1 heterocycles. The molecule has 0 saturated carbocycles. The Balaban J connectivity index is 1.92. The number of fused-ring (bicyclic) bond motifs is 1. The molecule has 0 aliphatic carbocycles. The predicted octanol–water partition coefficient (Wildman–Crippen LogP) is 5.69. The van der Waals surface area contributed by atoms with E-state index in [4.69, 9.17) is 4.74 Å². The first-order valence-corrected chi connectivity index (χ1v) is 11.9. The van der Waals surface area contributed by atoms with Gasteiger partial charge in [0, 0.05) is 23.2 Å². The Bertz CT molecular complexity index is 1150. The van der Waals surface area contributed by atoms with Gasteiger partial charge in [0.05, 0.1) is 17.2 Å². The predicted molar refractivity (Wildman–Crippen MR) is 115 cm³/mol. The van der Waals surface area contributed by atoms with Crippen LogP contribution in [0.25, 0.3) is 0 Å². The fraction of sp³-hybridized carbons (Fsp3) is 0.391. The summed E-state index contributed by atoms with van der Waals surface area (Å²) in [6.07, 6.45) is -0.376. The van der Waals surface area contributed by atoms with E-state index in [1.54, 1.807) is 25.1 Å². The van der Waals surface area contributed by atoms with Crippen molar-refractivity contribution in [1.29, 1.82) is 0 Å². The molecule has 0 radical (unpaired) electrons. The fourth-order valence-electron chi connectivity index (χ4n) is 3.73. The molecule has 1 aliphatic rings. The van der Waals surface area contributed by atoms with Gasteiger partial charge in [0.2, 0.25) is 0 Å². The van der Waals surface area contributed by atoms with Crippen molar-refractivity contribution in [3.63, 3.8) is 0 Å². The number of ether oxygens (including phenoxy) is 1. The number of nitrogens with zero attached hydrogens (tertiary/aromatic N) is 1. The molecule has 3 rings (SSSR count). The molecule has 0 fully saturated rings. The van der Waals surface area contributed by atoms with E-state index in [1.165, 1.54) is 0 Å². The molecule has 1 unspecified atom stereocenters. The molecule has 0 aromatic heterocycles. The Morgan fingerprint density at radius 2 is 1.66 bits per heavy atom. The summed E-state index contributed by atoms with van der Waals surface area (Å²) in [5, 5.41) is 0. The standard InChI is InChI=1S/C23H25F4NO3S/c1-12(2)9-28-15(5)31-14(4)17-8-16(6-7-19(17)28)10-32(29,30)11-18-22(26)20(24)13(3)21(25)23(18)27/h6-8,12,14H,5,9-11H2,1-4H3. The second-order valence-electron chi connectivity index (χ2n) is 8.44. The summed E-state index contributed by atoms with van der Waals surface area (Å²) >= 11 is 0. The SMILES string of the molecule is C=C1OC(C)c2cc(CS(=O)(=O)Cc3c(F)c(F)c(C)c(F)c3F)ccc2N1CC(C)C. The molecule has 174 valence electrons. The summed E-state index contributed by atoms with van der Waals surface area (Å²) in [7, 11) is -4.15. The van der Waals surface area contributed by atoms with Crippen LogP contribution in [-0.4, -0.2) is 15.0 Å². The fourth-order valence-corrected chi connectivity index (χ4v) is 5.22. The lowest BCUT2D eigenvalue weighted by Crippen LogP contribution is -2.33. The van der Waals surface area contributed by atoms with Crippen molar-refractivity contribution in [1.82, 2.24) is 0 Å². The number of hydrogen-bond acceptors (Lipinski definition) is 4. The summed E-state index contributed by atoms with van der Waals surface area (Å²) in [5.41, 5.74) is -0.0268. The zero-order valence-corrected chi connectivity index (χ0v) is 19.1. The van der Waals surface area contributed by atoms with E-state index in [9.17, 15) is 26.0 Å². The van der Waals surface area contributed by atoms with E-state index in [1.807, 2.05) is 18.7 Å². The lowest BCUT2D eigenvalue weighted by atomic mass is 10.0. The average Bonchev–Trinajstić information content (AvgIpc) is 2.71. The van der Waals surface area contributed by atoms with Crippen molar-refractivity contribution < 1.29 is 30.7 Å². The van der Waals surface area contributed by atoms with Crippen LogP contribution in [0.1, 0.15) is 49.1 Å². The van der Waals surface area contributed by atoms with Gasteiger partial charge in [-0.15, -0.1) is 0 Å². The maximum absolute atomic E-state index is 14.2. The van der Waals surface area contributed by atoms with E-state index in [0.29, 0.717) is 23.9 Å². The Hall–Kier alpha value is -2.55. The van der Waals surface area contributed by atoms with Crippen LogP contribution in [0.4, 0.5) is 23.2 Å². The maximum atomic E-state index is 14.2. The topological polar surface area (TPSA) is 46.6 Å². The Morgan fingerprint density at radius 3 is 2.22 bits per heavy atom. The molecule has 0 spiro atoms. The Labute approximate surface area is 185 Å². The third-order valence-electron chi connectivity index (χ3n) is 5.31. The highest BCUT2D eigenvalue weighted by Crippen LogP contribution is 2.39. The molecule has 1 aliphatic heterocycles. The molecule has 0 bridgehead atoms. The van der Waals surface area contributed by atoms with Gasteiger partial charge in [-0.3, -0.25) is 0 Å². The van der Waals surface area contributed by atoms with Crippen molar-refractivity contribution in [3.8, 4) is 0 Å². The van der Waals surface area contributed by atoms with Gasteiger partial charge in [0.15, 0.2) is 39.0 Å². The van der Waals surface area contributed by atoms with Crippen LogP contribution in [0.5, 0.6) is 0 Å². The van der Waals surface area contributed by atoms with Crippen LogP contribution in [0.2, 0.25) is 0 Å². The van der Waals surface area contributed by atoms with Crippen molar-refractivity contribution in [2.45, 2.75) is 45.3 Å². The number of sulfone groups is 1. The molecule has 0 saturated heterocycles. The molecular weight excluding hydrogens is 446 g/mol. The summed E-state index contributed by atoms with van der Waals surface area (Å²) < 4.78 is 87.0. The molecule has 1 atom stereocenters. The zero-order chi connectivity index (χ0) is 24.0. The largest absolute Gasteiger partial charge is 0.471 e. The number of anilines is 1. The third kappa shape index (κ3) is 4.62. The van der Waals surface area contributed by atoms with Gasteiger partial charge in [-0.05, 0) is 44.0 Å². The van der Waals surface area contributed by atoms with E-state index >= 15 is 0 Å². The number of benzene rings is 2. The number of hydrogen-bond donors (Lipinski definition) is 0. The maximum Gasteiger partial charge on any atom is 0.187 e. The lowest BCUT2D eigenvalue weighted by molar-refractivity contribution is 0.117. The van der Waals surface area contributed by atoms with Crippen LogP contribution >= 0.6 is 0 Å². The zero-order valence-electron chi connectivity index (χ0n) is 18.3. The molecule has 0 N–H and O–H groups in total. The van der Waals surface area contributed by atoms with Crippen molar-refractivity contribution in [3.05, 3.63) is 76.2 Å². The highest BCUT2D eigenvalue weighted by Gasteiger charge is 2.29. The minimum atomic E-state index is -4.15. The van der Waals surface area contributed by atoms with Crippen LogP contribution in [0.3, 0.4) is 0 Å². The first-order valence-electron chi connectivity index (χ1n) is 10.1. The van der Waals surface area contributed by atoms with Crippen molar-refractivity contribution in [2.24, 2.45) is 5.92 Å². The van der Waals surface area contributed by atoms with E-state index in [2.05, 4.69) is 6.58 Å². The number of halogens is 4. The minimum absolute atomic E-state index is 0.316. The van der Waals surface area contributed by atoms with Gasteiger partial charge in [-0.2, -0.15) is 0 Å². The number of rotatable bonds is 6. The second kappa shape index (κ2) is 8.77. The van der Waals surface area contributed by atoms with Crippen molar-refractivity contribution in [2.75, 3.05) is 11.4 Å². The quantitative estimate of drug-likeness (QED) is 0.401. The van der Waals surface area contributed by atoms with Crippen molar-refractivity contribution >= 4 is 15.5 Å². The molecule has 32 heavy (non-hydrogen) atoms. The van der Waals surface area contributed by atoms with Gasteiger partial charge in [-0.25, -0.2) is 26.0 Å². The normalized spacial score (nSPS) is 16.3. The third-order valence-corrected chi connectivity index (χ3v) is 6.81. The van der Waals surface area contributed by atoms with Gasteiger partial charge in [-0.1, -0.05) is 19.9 Å². The van der Waals surface area contributed by atoms with Gasteiger partial charge in [0.1, 0.15) is 6.10 Å². The van der Waals surface area contributed by atoms with Gasteiger partial charge < -0.3 is 9.64 Å². The summed E-state index contributed by atoms with van der Waals surface area (Å²) in [5.74, 6) is -7.50. The second-order valence-corrected chi connectivity index (χ2v) is 10.5.